The molecule has 22 rings (SSSR count). The Hall–Kier alpha value is -13.4. The van der Waals surface area contributed by atoms with Crippen LogP contribution in [-0.4, -0.2) is 301 Å². The third-order valence-electron chi connectivity index (χ3n) is 31.5. The molecule has 40 nitrogen and oxygen atoms in total. The Labute approximate surface area is 846 Å². The molecule has 8 aromatic rings. The first-order valence-corrected chi connectivity index (χ1v) is 50.2. The molecule has 14 aliphatic rings. The van der Waals surface area contributed by atoms with E-state index in [1.165, 1.54) is 19.3 Å². The summed E-state index contributed by atoms with van der Waals surface area (Å²) in [7, 11) is 3.91. The standard InChI is InChI=1S/C28H34N2O7.C27H31N3O8.C27H31N3O7.C25H29N3O7/c1-3-4-5-6-8-15-9-7-10-16(11-15)27(34)30-22-19-17-12-18-26(37-13-36-18)24(32)20(17)28(35)29-21(19)14(2)23(31)25(22)33;1-13-20-18(16-10-17-25(38-12-37-17)23(32)19(16)27(35)28-20)21(24(33)22(13)31)29-26(34)15-4-2-3-14(9-15)11-30-5-7-36-8-6-30;1-13-20-18(16-10-17-25(37-12-36-17)23(32)19(16)27(35)28-20)21(24(33)22(13)31)29-26(34)15-6-4-5-14(9-15)11-30-7-2-3-8-30;1-11-18-16(14-8-15-23(35-10-34-15)21(30)17(14)25(33)26-18)19(22(31)20(11)29)27-24(32)13-6-4-12(5-7-13)9-28(2)3/h7,9-12,14,19,21-23,25,31-33H,3-6,8,13H2,1-2H3,(H,29,35)(H,30,34);2-4,9-10,13,18,20-22,24,31-33H,5-8,11-12H2,1H3,(H,28,35)(H,29,34);4-6,9-10,13,18,20-22,24,31-33H,2-3,7-8,11-12H2,1H3,(H,28,35)(H,29,34);4-8,11,16,18-20,22,29-31H,9-10H2,1-3H3,(H,26,33)(H,27,32)/t14-,19+,21-,22+,23-,25-;2*13-,18+,20-,21+,22-,24-;11-,16+,18-,19+,20-,22-/m0000/s1. The van der Waals surface area contributed by atoms with Crippen LogP contribution >= 0.6 is 0 Å². The summed E-state index contributed by atoms with van der Waals surface area (Å²) in [6.07, 6.45) is -2.23. The van der Waals surface area contributed by atoms with E-state index in [0.717, 1.165) is 87.2 Å². The van der Waals surface area contributed by atoms with Crippen LogP contribution in [0.5, 0.6) is 69.0 Å². The SMILES string of the molecule is CCCCCCc1cccc(C(=O)N[C@H]2[C@H](O)[C@@H](O)[C@@H](C)[C@@H]3NC(=O)c4c(cc5c(c4O)OCO5)[C@H]32)c1.C[C@@H]1[C@H](O)[C@@H](O)[C@H](NC(=O)c2ccc(CN(C)C)cc2)[C@@H]2c3cc4c(c(O)c3C(=O)N[C@@H]12)OCO4.C[C@@H]1[C@H](O)[C@@H](O)[C@H](NC(=O)c2cccc(CN3CCCC3)c2)[C@@H]2c3cc4c(c(O)c3C(=O)N[C@@H]12)OCO4.C[C@@H]1[C@H](O)[C@@H](O)[C@H](NC(=O)c2cccc(CN3CCOCC3)c2)[C@@H]2c3cc4c(c(O)c3C(=O)N[C@@H]12)OCO4. The van der Waals surface area contributed by atoms with Crippen LogP contribution in [0.2, 0.25) is 0 Å². The number of likely N-dealkylation sites (tertiary alicyclic amines) is 1. The molecule has 2 saturated heterocycles. The zero-order valence-corrected chi connectivity index (χ0v) is 82.2. The Kier molecular flexibility index (Phi) is 29.5. The molecule has 10 heterocycles. The van der Waals surface area contributed by atoms with Gasteiger partial charge in [-0.05, 0) is 170 Å². The van der Waals surface area contributed by atoms with Crippen LogP contribution in [0.25, 0.3) is 0 Å². The molecule has 40 heteroatoms. The lowest BCUT2D eigenvalue weighted by Crippen LogP contribution is -2.67. The number of benzene rings is 8. The Morgan fingerprint density at radius 2 is 0.660 bits per heavy atom. The van der Waals surface area contributed by atoms with Crippen molar-refractivity contribution in [3.63, 3.8) is 0 Å². The van der Waals surface area contributed by atoms with E-state index in [1.807, 2.05) is 85.7 Å². The summed E-state index contributed by atoms with van der Waals surface area (Å²) >= 11 is 0. The number of carbonyl (C=O) groups excluding carboxylic acids is 8. The summed E-state index contributed by atoms with van der Waals surface area (Å²) < 4.78 is 48.6. The Morgan fingerprint density at radius 1 is 0.361 bits per heavy atom. The fourth-order valence-electron chi connectivity index (χ4n) is 23.7. The highest BCUT2D eigenvalue weighted by Crippen LogP contribution is 2.57. The van der Waals surface area contributed by atoms with Gasteiger partial charge in [-0.3, -0.25) is 48.2 Å². The largest absolute Gasteiger partial charge is 0.504 e. The molecule has 24 atom stereocenters. The molecule has 0 radical (unpaired) electrons. The number of phenols is 4. The predicted molar refractivity (Wildman–Crippen MR) is 524 cm³/mol. The summed E-state index contributed by atoms with van der Waals surface area (Å²) in [4.78, 5) is 112. The fraction of sp³-hybridized carbons (Fsp3) is 0.477. The second-order valence-corrected chi connectivity index (χ2v) is 40.9. The van der Waals surface area contributed by atoms with Crippen molar-refractivity contribution in [1.82, 2.24) is 57.2 Å². The van der Waals surface area contributed by atoms with Crippen LogP contribution in [0.15, 0.2) is 121 Å². The lowest BCUT2D eigenvalue weighted by atomic mass is 9.66. The number of aromatic hydroxyl groups is 4. The van der Waals surface area contributed by atoms with E-state index in [-0.39, 0.29) is 119 Å². The van der Waals surface area contributed by atoms with Crippen molar-refractivity contribution in [1.29, 1.82) is 0 Å². The number of ether oxygens (including phenoxy) is 9. The molecule has 0 unspecified atom stereocenters. The first-order chi connectivity index (χ1) is 70.6. The number of nitrogens with one attached hydrogen (secondary N) is 8. The van der Waals surface area contributed by atoms with Crippen LogP contribution in [0, 0.1) is 23.7 Å². The minimum absolute atomic E-state index is 0.0121. The van der Waals surface area contributed by atoms with Crippen LogP contribution in [0.3, 0.4) is 0 Å². The van der Waals surface area contributed by atoms with Crippen LogP contribution < -0.4 is 80.4 Å². The summed E-state index contributed by atoms with van der Waals surface area (Å²) in [6, 6.07) is 29.6. The third kappa shape index (κ3) is 19.6. The number of unbranched alkanes of at least 4 members (excludes halogenated alkanes) is 3. The van der Waals surface area contributed by atoms with Crippen LogP contribution in [0.4, 0.5) is 0 Å². The normalized spacial score (nSPS) is 29.3. The van der Waals surface area contributed by atoms with Gasteiger partial charge in [0.25, 0.3) is 47.3 Å². The maximum absolute atomic E-state index is 13.5. The highest BCUT2D eigenvalue weighted by Gasteiger charge is 2.60. The zero-order valence-electron chi connectivity index (χ0n) is 82.2. The Morgan fingerprint density at radius 3 is 0.973 bits per heavy atom. The number of morpholine rings is 1. The maximum Gasteiger partial charge on any atom is 0.255 e. The molecule has 4 aliphatic carbocycles. The number of nitrogens with zero attached hydrogens (tertiary/aromatic N) is 3. The number of hydrogen-bond acceptors (Lipinski definition) is 32. The number of phenolic OH excluding ortho intramolecular Hbond substituents is 4. The molecule has 6 fully saturated rings. The van der Waals surface area contributed by atoms with Gasteiger partial charge in [0.15, 0.2) is 46.0 Å². The van der Waals surface area contributed by atoms with Gasteiger partial charge < -0.3 is 151 Å². The van der Waals surface area contributed by atoms with Crippen LogP contribution in [-0.2, 0) is 30.8 Å². The summed E-state index contributed by atoms with van der Waals surface area (Å²) in [5, 5.41) is 154. The summed E-state index contributed by atoms with van der Waals surface area (Å²) in [5.74, 6) is -8.14. The van der Waals surface area contributed by atoms with Gasteiger partial charge in [-0.25, -0.2) is 0 Å². The van der Waals surface area contributed by atoms with E-state index in [2.05, 4.69) is 59.3 Å². The second kappa shape index (κ2) is 42.5. The van der Waals surface area contributed by atoms with Crippen molar-refractivity contribution in [3.8, 4) is 69.0 Å². The summed E-state index contributed by atoms with van der Waals surface area (Å²) in [6.45, 7) is 16.0. The number of aliphatic hydroxyl groups is 8. The highest BCUT2D eigenvalue weighted by atomic mass is 16.7. The Bertz CT molecular complexity index is 6380. The van der Waals surface area contributed by atoms with Crippen molar-refractivity contribution in [3.05, 3.63) is 210 Å². The van der Waals surface area contributed by atoms with E-state index >= 15 is 0 Å². The van der Waals surface area contributed by atoms with E-state index in [1.54, 1.807) is 82.3 Å². The molecule has 4 saturated carbocycles. The minimum Gasteiger partial charge on any atom is -0.504 e. The molecule has 8 aromatic carbocycles. The molecule has 782 valence electrons. The van der Waals surface area contributed by atoms with Crippen molar-refractivity contribution < 1.29 is 142 Å². The number of rotatable bonds is 19. The molecular weight excluding hydrogens is 1900 g/mol. The monoisotopic (exact) mass is 2030 g/mol. The van der Waals surface area contributed by atoms with E-state index in [4.69, 9.17) is 42.6 Å². The van der Waals surface area contributed by atoms with Crippen LogP contribution in [0.1, 0.15) is 224 Å². The molecule has 20 N–H and O–H groups in total. The van der Waals surface area contributed by atoms with Crippen molar-refractivity contribution in [2.45, 2.75) is 220 Å². The van der Waals surface area contributed by atoms with Gasteiger partial charge in [0.1, 0.15) is 24.4 Å². The molecule has 147 heavy (non-hydrogen) atoms. The minimum atomic E-state index is -1.32. The van der Waals surface area contributed by atoms with Gasteiger partial charge >= 0.3 is 0 Å². The second-order valence-electron chi connectivity index (χ2n) is 40.9. The predicted octanol–water partition coefficient (Wildman–Crippen LogP) is 4.56. The Balaban J connectivity index is 0.000000124. The maximum atomic E-state index is 13.5. The fourth-order valence-corrected chi connectivity index (χ4v) is 23.7. The first kappa shape index (κ1) is 102. The smallest absolute Gasteiger partial charge is 0.255 e. The van der Waals surface area contributed by atoms with E-state index in [0.29, 0.717) is 70.0 Å². The molecule has 0 aromatic heterocycles. The van der Waals surface area contributed by atoms with Crippen molar-refractivity contribution >= 4 is 47.3 Å². The molecule has 8 amide bonds. The summed E-state index contributed by atoms with van der Waals surface area (Å²) in [5.41, 5.74) is 7.61. The number of carbonyl (C=O) groups is 8. The van der Waals surface area contributed by atoms with Gasteiger partial charge in [-0.1, -0.05) is 102 Å². The highest BCUT2D eigenvalue weighted by molar-refractivity contribution is 6.05. The molecule has 10 aliphatic heterocycles. The van der Waals surface area contributed by atoms with Gasteiger partial charge in [0, 0.05) is 126 Å². The number of aliphatic hydroxyl groups excluding tert-OH is 8. The van der Waals surface area contributed by atoms with E-state index < -0.39 is 186 Å². The molecule has 0 bridgehead atoms. The van der Waals surface area contributed by atoms with Gasteiger partial charge in [0.2, 0.25) is 50.2 Å². The first-order valence-electron chi connectivity index (χ1n) is 50.2. The molecular formula is C107H125N11O29. The lowest BCUT2D eigenvalue weighted by Gasteiger charge is -2.50. The lowest BCUT2D eigenvalue weighted by molar-refractivity contribution is -0.0761. The topological polar surface area (TPSA) is 568 Å². The van der Waals surface area contributed by atoms with Gasteiger partial charge in [0.05, 0.1) is 84.1 Å². The third-order valence-corrected chi connectivity index (χ3v) is 31.5. The van der Waals surface area contributed by atoms with Crippen molar-refractivity contribution in [2.24, 2.45) is 23.7 Å². The number of hydrogen-bond donors (Lipinski definition) is 20. The number of aryl methyl sites for hydroxylation is 1. The quantitative estimate of drug-likeness (QED) is 0.0493. The van der Waals surface area contributed by atoms with Gasteiger partial charge in [-0.15, -0.1) is 0 Å². The number of amides is 8. The number of fused-ring (bicyclic) bond motifs is 16. The molecule has 0 spiro atoms. The zero-order chi connectivity index (χ0) is 104. The van der Waals surface area contributed by atoms with Crippen molar-refractivity contribution in [2.75, 3.05) is 80.7 Å². The average Bonchev–Trinajstić information content (AvgIpc) is 1.73. The van der Waals surface area contributed by atoms with E-state index in [9.17, 15) is 99.6 Å². The average molecular weight is 2030 g/mol. The van der Waals surface area contributed by atoms with Gasteiger partial charge in [-0.2, -0.15) is 0 Å².